The Kier molecular flexibility index (Phi) is 10.1. The van der Waals surface area contributed by atoms with E-state index in [2.05, 4.69) is 32.3 Å². The fourth-order valence-electron chi connectivity index (χ4n) is 6.27. The van der Waals surface area contributed by atoms with Gasteiger partial charge in [-0.15, -0.1) is 0 Å². The molecule has 0 aliphatic carbocycles. The number of rotatable bonds is 10. The highest BCUT2D eigenvalue weighted by molar-refractivity contribution is 5.81. The number of nitriles is 1. The molecule has 1 aromatic carbocycles. The van der Waals surface area contributed by atoms with Gasteiger partial charge in [0.25, 0.3) is 12.3 Å². The van der Waals surface area contributed by atoms with Gasteiger partial charge in [-0.3, -0.25) is 9.69 Å². The molecule has 2 aromatic heterocycles. The summed E-state index contributed by atoms with van der Waals surface area (Å²) in [5.41, 5.74) is 2.67. The molecule has 0 unspecified atom stereocenters. The standard InChI is InChI=1S/C33H37F2N7O5/c1-45-32-25(20-6-10-41(11-7-20)23-17-46-18-23)3-5-28(40-32)39-29-15-26(37-19-38-29)21-2-4-27(22(14-21)16-36)47-24-8-12-42(13-9-24)33(44)30(43)31(34)35/h2-5,14-15,19-20,23-24,30-31,43H,6-13,17-18H2,1H3,(H,37,38,39,40)/t30-/m1/s1. The number of benzene rings is 1. The highest BCUT2D eigenvalue weighted by atomic mass is 19.3. The molecule has 3 aliphatic heterocycles. The monoisotopic (exact) mass is 649 g/mol. The molecule has 248 valence electrons. The summed E-state index contributed by atoms with van der Waals surface area (Å²) in [6.07, 6.45) is -1.50. The van der Waals surface area contributed by atoms with Crippen LogP contribution in [0.4, 0.5) is 20.4 Å². The largest absolute Gasteiger partial charge is 0.489 e. The van der Waals surface area contributed by atoms with Gasteiger partial charge in [-0.2, -0.15) is 10.2 Å². The number of likely N-dealkylation sites (tertiary alicyclic amines) is 2. The Labute approximate surface area is 271 Å². The smallest absolute Gasteiger partial charge is 0.273 e. The van der Waals surface area contributed by atoms with Gasteiger partial charge >= 0.3 is 0 Å². The average molecular weight is 650 g/mol. The van der Waals surface area contributed by atoms with E-state index in [1.54, 1.807) is 31.4 Å². The van der Waals surface area contributed by atoms with Crippen molar-refractivity contribution in [2.24, 2.45) is 0 Å². The van der Waals surface area contributed by atoms with E-state index in [-0.39, 0.29) is 19.2 Å². The molecule has 3 fully saturated rings. The van der Waals surface area contributed by atoms with Gasteiger partial charge in [-0.25, -0.2) is 18.7 Å². The Balaban J connectivity index is 1.08. The number of hydrogen-bond acceptors (Lipinski definition) is 11. The Hall–Kier alpha value is -4.45. The molecule has 12 nitrogen and oxygen atoms in total. The number of carbonyl (C=O) groups is 1. The van der Waals surface area contributed by atoms with Gasteiger partial charge < -0.3 is 29.5 Å². The van der Waals surface area contributed by atoms with Crippen LogP contribution in [0, 0.1) is 11.3 Å². The van der Waals surface area contributed by atoms with Crippen LogP contribution in [0.25, 0.3) is 11.3 Å². The minimum atomic E-state index is -3.13. The van der Waals surface area contributed by atoms with Crippen LogP contribution in [-0.2, 0) is 9.53 Å². The lowest BCUT2D eigenvalue weighted by atomic mass is 9.89. The lowest BCUT2D eigenvalue weighted by molar-refractivity contribution is -0.150. The number of piperidine rings is 2. The van der Waals surface area contributed by atoms with Gasteiger partial charge in [0.1, 0.15) is 35.9 Å². The van der Waals surface area contributed by atoms with E-state index in [4.69, 9.17) is 19.2 Å². The number of carbonyl (C=O) groups excluding carboxylic acids is 1. The fraction of sp³-hybridized carbons (Fsp3) is 0.485. The molecule has 6 rings (SSSR count). The third-order valence-corrected chi connectivity index (χ3v) is 9.05. The van der Waals surface area contributed by atoms with Crippen molar-refractivity contribution >= 4 is 17.5 Å². The number of methoxy groups -OCH3 is 1. The molecule has 47 heavy (non-hydrogen) atoms. The van der Waals surface area contributed by atoms with Gasteiger partial charge in [0, 0.05) is 43.1 Å². The average Bonchev–Trinajstić information content (AvgIpc) is 3.07. The predicted octanol–water partition coefficient (Wildman–Crippen LogP) is 3.74. The van der Waals surface area contributed by atoms with Crippen LogP contribution in [0.15, 0.2) is 42.7 Å². The zero-order chi connectivity index (χ0) is 32.9. The summed E-state index contributed by atoms with van der Waals surface area (Å²) in [4.78, 5) is 29.2. The molecule has 5 heterocycles. The first-order chi connectivity index (χ1) is 22.8. The number of nitrogens with one attached hydrogen (secondary N) is 1. The number of alkyl halides is 2. The normalized spacial score (nSPS) is 18.8. The number of nitrogens with zero attached hydrogens (tertiary/aromatic N) is 6. The summed E-state index contributed by atoms with van der Waals surface area (Å²) in [6.45, 7) is 4.06. The zero-order valence-electron chi connectivity index (χ0n) is 26.0. The van der Waals surface area contributed by atoms with E-state index < -0.39 is 18.4 Å². The van der Waals surface area contributed by atoms with Gasteiger partial charge in [0.15, 0.2) is 6.10 Å². The molecule has 0 bridgehead atoms. The summed E-state index contributed by atoms with van der Waals surface area (Å²) in [6, 6.07) is 13.6. The second kappa shape index (κ2) is 14.5. The third-order valence-electron chi connectivity index (χ3n) is 9.05. The highest BCUT2D eigenvalue weighted by Crippen LogP contribution is 2.36. The molecule has 3 saturated heterocycles. The Morgan fingerprint density at radius 1 is 1.06 bits per heavy atom. The van der Waals surface area contributed by atoms with Crippen molar-refractivity contribution in [2.45, 2.75) is 56.3 Å². The number of hydrogen-bond donors (Lipinski definition) is 2. The van der Waals surface area contributed by atoms with Crippen molar-refractivity contribution in [3.63, 3.8) is 0 Å². The Morgan fingerprint density at radius 2 is 1.83 bits per heavy atom. The lowest BCUT2D eigenvalue weighted by Crippen LogP contribution is -2.51. The van der Waals surface area contributed by atoms with Crippen molar-refractivity contribution in [1.29, 1.82) is 5.26 Å². The molecular formula is C33H37F2N7O5. The second-order valence-corrected chi connectivity index (χ2v) is 12.0. The number of pyridine rings is 1. The van der Waals surface area contributed by atoms with Gasteiger partial charge in [-0.1, -0.05) is 0 Å². The van der Waals surface area contributed by atoms with Gasteiger partial charge in [-0.05, 0) is 62.2 Å². The van der Waals surface area contributed by atoms with E-state index in [1.165, 1.54) is 11.2 Å². The molecule has 0 radical (unpaired) electrons. The van der Waals surface area contributed by atoms with Crippen LogP contribution >= 0.6 is 0 Å². The predicted molar refractivity (Wildman–Crippen MR) is 167 cm³/mol. The Bertz CT molecular complexity index is 1600. The van der Waals surface area contributed by atoms with Crippen LogP contribution in [0.1, 0.15) is 42.7 Å². The van der Waals surface area contributed by atoms with Gasteiger partial charge in [0.05, 0.1) is 37.6 Å². The van der Waals surface area contributed by atoms with Crippen LogP contribution < -0.4 is 14.8 Å². The first-order valence-corrected chi connectivity index (χ1v) is 15.7. The topological polar surface area (TPSA) is 146 Å². The molecule has 3 aromatic rings. The molecule has 0 saturated carbocycles. The number of ether oxygens (including phenoxy) is 3. The van der Waals surface area contributed by atoms with E-state index >= 15 is 0 Å². The van der Waals surface area contributed by atoms with Crippen molar-refractivity contribution in [3.8, 4) is 29.0 Å². The van der Waals surface area contributed by atoms with Crippen molar-refractivity contribution in [2.75, 3.05) is 51.8 Å². The van der Waals surface area contributed by atoms with E-state index in [0.717, 1.165) is 44.7 Å². The fourth-order valence-corrected chi connectivity index (χ4v) is 6.27. The summed E-state index contributed by atoms with van der Waals surface area (Å²) in [5, 5.41) is 22.5. The summed E-state index contributed by atoms with van der Waals surface area (Å²) < 4.78 is 42.5. The summed E-state index contributed by atoms with van der Waals surface area (Å²) in [5.74, 6) is 1.45. The molecule has 3 aliphatic rings. The molecule has 2 N–H and O–H groups in total. The first-order valence-electron chi connectivity index (χ1n) is 15.7. The summed E-state index contributed by atoms with van der Waals surface area (Å²) >= 11 is 0. The Morgan fingerprint density at radius 3 is 2.49 bits per heavy atom. The van der Waals surface area contributed by atoms with Crippen LogP contribution in [-0.4, -0.2) is 107 Å². The second-order valence-electron chi connectivity index (χ2n) is 12.0. The molecular weight excluding hydrogens is 612 g/mol. The molecule has 0 spiro atoms. The number of aliphatic hydroxyl groups is 1. The van der Waals surface area contributed by atoms with Crippen LogP contribution in [0.2, 0.25) is 0 Å². The SMILES string of the molecule is COc1nc(Nc2cc(-c3ccc(OC4CCN(C(=O)[C@H](O)C(F)F)CC4)c(C#N)c3)ncn2)ccc1C1CCN(C2COC2)CC1. The first kappa shape index (κ1) is 32.5. The number of aromatic nitrogens is 3. The number of amides is 1. The molecule has 1 amide bonds. The quantitative estimate of drug-likeness (QED) is 0.331. The van der Waals surface area contributed by atoms with Crippen molar-refractivity contribution in [3.05, 3.63) is 53.9 Å². The maximum atomic E-state index is 12.7. The lowest BCUT2D eigenvalue weighted by Gasteiger charge is -2.41. The van der Waals surface area contributed by atoms with Crippen LogP contribution in [0.3, 0.4) is 0 Å². The van der Waals surface area contributed by atoms with Crippen molar-refractivity contribution in [1.82, 2.24) is 24.8 Å². The van der Waals surface area contributed by atoms with Crippen molar-refractivity contribution < 1.29 is 32.9 Å². The number of anilines is 2. The highest BCUT2D eigenvalue weighted by Gasteiger charge is 2.33. The van der Waals surface area contributed by atoms with Gasteiger partial charge in [0.2, 0.25) is 5.88 Å². The van der Waals surface area contributed by atoms with E-state index in [0.29, 0.717) is 64.9 Å². The zero-order valence-corrected chi connectivity index (χ0v) is 26.0. The maximum absolute atomic E-state index is 12.7. The third kappa shape index (κ3) is 7.43. The minimum Gasteiger partial charge on any atom is -0.489 e. The minimum absolute atomic E-state index is 0.170. The van der Waals surface area contributed by atoms with E-state index in [9.17, 15) is 23.9 Å². The van der Waals surface area contributed by atoms with E-state index in [1.807, 2.05) is 6.07 Å². The maximum Gasteiger partial charge on any atom is 0.273 e. The molecule has 14 heteroatoms. The summed E-state index contributed by atoms with van der Waals surface area (Å²) in [7, 11) is 1.63. The van der Waals surface area contributed by atoms with Crippen LogP contribution in [0.5, 0.6) is 11.6 Å². The number of aliphatic hydroxyl groups excluding tert-OH is 1. The number of halogens is 2. The molecule has 1 atom stereocenters.